The second kappa shape index (κ2) is 10.5. The number of ether oxygens (including phenoxy) is 1. The van der Waals surface area contributed by atoms with E-state index >= 15 is 0 Å². The molecule has 6 nitrogen and oxygen atoms in total. The van der Waals surface area contributed by atoms with E-state index in [9.17, 15) is 9.59 Å². The molecule has 0 aromatic heterocycles. The van der Waals surface area contributed by atoms with Crippen LogP contribution in [0.1, 0.15) is 38.2 Å². The van der Waals surface area contributed by atoms with Crippen LogP contribution in [0, 0.1) is 12.8 Å². The molecule has 0 spiro atoms. The fraction of sp³-hybridized carbons (Fsp3) is 0.600. The third-order valence-corrected chi connectivity index (χ3v) is 5.20. The number of likely N-dealkylation sites (tertiary alicyclic amines) is 1. The molecule has 0 radical (unpaired) electrons. The molecule has 2 N–H and O–H groups in total. The summed E-state index contributed by atoms with van der Waals surface area (Å²) in [7, 11) is 1.55. The standard InChI is InChI=1S/C20H30ClN3O3/c1-4-6-19(25)22-11-15-7-5-8-24(12-15)13-20(26)23-17-9-14(2)16(21)10-18(17)27-3/h9-10,15H,4-8,11-13H2,1-3H3,(H,22,25)(H,23,26)/t15-/m0/s1. The maximum Gasteiger partial charge on any atom is 0.238 e. The average Bonchev–Trinajstić information content (AvgIpc) is 2.63. The third-order valence-electron chi connectivity index (χ3n) is 4.79. The van der Waals surface area contributed by atoms with Crippen LogP contribution in [-0.4, -0.2) is 50.0 Å². The number of methoxy groups -OCH3 is 1. The number of nitrogens with zero attached hydrogens (tertiary/aromatic N) is 1. The van der Waals surface area contributed by atoms with Gasteiger partial charge in [-0.15, -0.1) is 0 Å². The lowest BCUT2D eigenvalue weighted by Crippen LogP contribution is -2.43. The van der Waals surface area contributed by atoms with Crippen molar-refractivity contribution in [1.29, 1.82) is 0 Å². The number of benzene rings is 1. The van der Waals surface area contributed by atoms with Gasteiger partial charge in [0, 0.05) is 30.6 Å². The van der Waals surface area contributed by atoms with E-state index in [0.717, 1.165) is 37.9 Å². The van der Waals surface area contributed by atoms with Gasteiger partial charge in [-0.05, 0) is 50.3 Å². The maximum absolute atomic E-state index is 12.5. The first-order chi connectivity index (χ1) is 12.9. The van der Waals surface area contributed by atoms with E-state index in [-0.39, 0.29) is 11.8 Å². The van der Waals surface area contributed by atoms with E-state index in [2.05, 4.69) is 15.5 Å². The highest BCUT2D eigenvalue weighted by Gasteiger charge is 2.22. The van der Waals surface area contributed by atoms with Crippen LogP contribution in [0.15, 0.2) is 12.1 Å². The molecule has 1 aliphatic heterocycles. The van der Waals surface area contributed by atoms with Crippen LogP contribution in [0.3, 0.4) is 0 Å². The summed E-state index contributed by atoms with van der Waals surface area (Å²) >= 11 is 6.11. The molecule has 0 saturated carbocycles. The highest BCUT2D eigenvalue weighted by Crippen LogP contribution is 2.31. The minimum absolute atomic E-state index is 0.0781. The Kier molecular flexibility index (Phi) is 8.38. The summed E-state index contributed by atoms with van der Waals surface area (Å²) in [5.41, 5.74) is 1.51. The molecule has 150 valence electrons. The van der Waals surface area contributed by atoms with Crippen molar-refractivity contribution in [2.75, 3.05) is 38.6 Å². The van der Waals surface area contributed by atoms with Crippen molar-refractivity contribution in [3.05, 3.63) is 22.7 Å². The van der Waals surface area contributed by atoms with Crippen LogP contribution in [0.4, 0.5) is 5.69 Å². The van der Waals surface area contributed by atoms with E-state index in [4.69, 9.17) is 16.3 Å². The Hall–Kier alpha value is -1.79. The number of amides is 2. The first-order valence-electron chi connectivity index (χ1n) is 9.56. The highest BCUT2D eigenvalue weighted by molar-refractivity contribution is 6.31. The average molecular weight is 396 g/mol. The van der Waals surface area contributed by atoms with Gasteiger partial charge in [-0.2, -0.15) is 0 Å². The number of hydrogen-bond acceptors (Lipinski definition) is 4. The van der Waals surface area contributed by atoms with E-state index in [0.29, 0.717) is 41.9 Å². The number of carbonyl (C=O) groups excluding carboxylic acids is 2. The van der Waals surface area contributed by atoms with Gasteiger partial charge in [0.1, 0.15) is 5.75 Å². The zero-order chi connectivity index (χ0) is 19.8. The monoisotopic (exact) mass is 395 g/mol. The molecule has 2 rings (SSSR count). The smallest absolute Gasteiger partial charge is 0.238 e. The lowest BCUT2D eigenvalue weighted by molar-refractivity contribution is -0.121. The third kappa shape index (κ3) is 6.70. The Balaban J connectivity index is 1.86. The Bertz CT molecular complexity index is 666. The normalized spacial score (nSPS) is 17.4. The van der Waals surface area contributed by atoms with E-state index < -0.39 is 0 Å². The Labute approximate surface area is 166 Å². The number of rotatable bonds is 8. The maximum atomic E-state index is 12.5. The molecule has 1 saturated heterocycles. The van der Waals surface area contributed by atoms with Gasteiger partial charge in [-0.1, -0.05) is 18.5 Å². The molecule has 1 atom stereocenters. The van der Waals surface area contributed by atoms with Crippen LogP contribution >= 0.6 is 11.6 Å². The van der Waals surface area contributed by atoms with Crippen molar-refractivity contribution in [1.82, 2.24) is 10.2 Å². The fourth-order valence-corrected chi connectivity index (χ4v) is 3.51. The van der Waals surface area contributed by atoms with Gasteiger partial charge >= 0.3 is 0 Å². The lowest BCUT2D eigenvalue weighted by Gasteiger charge is -2.32. The zero-order valence-corrected chi connectivity index (χ0v) is 17.2. The van der Waals surface area contributed by atoms with Gasteiger partial charge in [-0.25, -0.2) is 0 Å². The molecule has 2 amide bonds. The molecule has 1 aromatic carbocycles. The predicted octanol–water partition coefficient (Wildman–Crippen LogP) is 3.22. The second-order valence-electron chi connectivity index (χ2n) is 7.15. The van der Waals surface area contributed by atoms with Gasteiger partial charge < -0.3 is 15.4 Å². The number of carbonyl (C=O) groups is 2. The summed E-state index contributed by atoms with van der Waals surface area (Å²) < 4.78 is 5.31. The zero-order valence-electron chi connectivity index (χ0n) is 16.4. The quantitative estimate of drug-likeness (QED) is 0.709. The summed E-state index contributed by atoms with van der Waals surface area (Å²) in [6.07, 6.45) is 3.54. The molecule has 1 heterocycles. The SMILES string of the molecule is CCCC(=O)NC[C@@H]1CCCN(CC(=O)Nc2cc(C)c(Cl)cc2OC)C1. The molecule has 1 aliphatic rings. The Morgan fingerprint density at radius 3 is 2.81 bits per heavy atom. The van der Waals surface area contributed by atoms with E-state index in [1.807, 2.05) is 19.9 Å². The number of anilines is 1. The molecule has 1 aromatic rings. The summed E-state index contributed by atoms with van der Waals surface area (Å²) in [4.78, 5) is 26.3. The minimum Gasteiger partial charge on any atom is -0.495 e. The van der Waals surface area contributed by atoms with Crippen LogP contribution < -0.4 is 15.4 Å². The van der Waals surface area contributed by atoms with Gasteiger partial charge in [0.25, 0.3) is 0 Å². The summed E-state index contributed by atoms with van der Waals surface area (Å²) in [6.45, 7) is 6.60. The van der Waals surface area contributed by atoms with Crippen LogP contribution in [0.5, 0.6) is 5.75 Å². The van der Waals surface area contributed by atoms with Crippen molar-refractivity contribution in [3.63, 3.8) is 0 Å². The predicted molar refractivity (Wildman–Crippen MR) is 108 cm³/mol. The number of hydrogen-bond donors (Lipinski definition) is 2. The van der Waals surface area contributed by atoms with Crippen molar-refractivity contribution in [3.8, 4) is 5.75 Å². The number of nitrogens with one attached hydrogen (secondary N) is 2. The fourth-order valence-electron chi connectivity index (χ4n) is 3.36. The Morgan fingerprint density at radius 1 is 1.33 bits per heavy atom. The second-order valence-corrected chi connectivity index (χ2v) is 7.55. The van der Waals surface area contributed by atoms with E-state index in [1.54, 1.807) is 13.2 Å². The molecule has 0 unspecified atom stereocenters. The summed E-state index contributed by atoms with van der Waals surface area (Å²) in [5, 5.41) is 6.53. The number of aryl methyl sites for hydroxylation is 1. The van der Waals surface area contributed by atoms with Crippen molar-refractivity contribution in [2.24, 2.45) is 5.92 Å². The molecule has 0 aliphatic carbocycles. The van der Waals surface area contributed by atoms with Gasteiger partial charge in [0.05, 0.1) is 19.3 Å². The topological polar surface area (TPSA) is 70.7 Å². The van der Waals surface area contributed by atoms with Crippen molar-refractivity contribution < 1.29 is 14.3 Å². The van der Waals surface area contributed by atoms with E-state index in [1.165, 1.54) is 0 Å². The van der Waals surface area contributed by atoms with Crippen molar-refractivity contribution in [2.45, 2.75) is 39.5 Å². The molecule has 27 heavy (non-hydrogen) atoms. The molecule has 1 fully saturated rings. The lowest BCUT2D eigenvalue weighted by atomic mass is 9.98. The molecular weight excluding hydrogens is 366 g/mol. The first-order valence-corrected chi connectivity index (χ1v) is 9.93. The number of piperidine rings is 1. The summed E-state index contributed by atoms with van der Waals surface area (Å²) in [5.74, 6) is 0.969. The van der Waals surface area contributed by atoms with Gasteiger partial charge in [0.15, 0.2) is 0 Å². The minimum atomic E-state index is -0.0781. The van der Waals surface area contributed by atoms with Gasteiger partial charge in [0.2, 0.25) is 11.8 Å². The van der Waals surface area contributed by atoms with Crippen molar-refractivity contribution >= 4 is 29.1 Å². The largest absolute Gasteiger partial charge is 0.495 e. The molecule has 0 bridgehead atoms. The summed E-state index contributed by atoms with van der Waals surface area (Å²) in [6, 6.07) is 3.53. The molecule has 7 heteroatoms. The number of halogens is 1. The van der Waals surface area contributed by atoms with Crippen LogP contribution in [0.2, 0.25) is 5.02 Å². The van der Waals surface area contributed by atoms with Gasteiger partial charge in [-0.3, -0.25) is 14.5 Å². The van der Waals surface area contributed by atoms with Crippen LogP contribution in [-0.2, 0) is 9.59 Å². The van der Waals surface area contributed by atoms with Crippen LogP contribution in [0.25, 0.3) is 0 Å². The Morgan fingerprint density at radius 2 is 2.11 bits per heavy atom. The molecular formula is C20H30ClN3O3. The first kappa shape index (κ1) is 21.5. The highest BCUT2D eigenvalue weighted by atomic mass is 35.5.